The molecule has 0 aliphatic rings. The van der Waals surface area contributed by atoms with Crippen molar-refractivity contribution in [3.05, 3.63) is 47.0 Å². The largest absolute Gasteiger partial charge is 0.497 e. The molecule has 2 aromatic carbocycles. The lowest BCUT2D eigenvalue weighted by atomic mass is 10.1. The molecule has 0 aromatic heterocycles. The van der Waals surface area contributed by atoms with Gasteiger partial charge in [0.25, 0.3) is 0 Å². The summed E-state index contributed by atoms with van der Waals surface area (Å²) < 4.78 is 10.4. The molecule has 0 saturated heterocycles. The number of rotatable bonds is 8. The van der Waals surface area contributed by atoms with Gasteiger partial charge in [-0.2, -0.15) is 0 Å². The van der Waals surface area contributed by atoms with Gasteiger partial charge in [0.15, 0.2) is 0 Å². The molecule has 0 aliphatic carbocycles. The third-order valence-corrected chi connectivity index (χ3v) is 4.45. The molecule has 7 nitrogen and oxygen atoms in total. The Morgan fingerprint density at radius 1 is 0.897 bits per heavy atom. The summed E-state index contributed by atoms with van der Waals surface area (Å²) in [6.45, 7) is 6.12. The fourth-order valence-electron chi connectivity index (χ4n) is 3.19. The molecule has 2 amide bonds. The van der Waals surface area contributed by atoms with Crippen LogP contribution in [0.2, 0.25) is 0 Å². The minimum atomic E-state index is -0.244. The molecule has 156 valence electrons. The molecule has 0 radical (unpaired) electrons. The summed E-state index contributed by atoms with van der Waals surface area (Å²) in [5.74, 6) is 0.725. The molecule has 0 unspecified atom stereocenters. The Hall–Kier alpha value is -3.06. The van der Waals surface area contributed by atoms with Crippen LogP contribution in [0.25, 0.3) is 0 Å². The maximum absolute atomic E-state index is 12.4. The summed E-state index contributed by atoms with van der Waals surface area (Å²) in [5.41, 5.74) is 4.55. The van der Waals surface area contributed by atoms with Gasteiger partial charge < -0.3 is 20.1 Å². The first-order valence-corrected chi connectivity index (χ1v) is 9.31. The zero-order chi connectivity index (χ0) is 21.6. The van der Waals surface area contributed by atoms with Crippen molar-refractivity contribution in [2.75, 3.05) is 45.0 Å². The van der Waals surface area contributed by atoms with Gasteiger partial charge in [0.05, 0.1) is 33.0 Å². The Morgan fingerprint density at radius 3 is 2.03 bits per heavy atom. The van der Waals surface area contributed by atoms with Crippen molar-refractivity contribution in [1.29, 1.82) is 0 Å². The molecule has 0 atom stereocenters. The molecule has 2 rings (SSSR count). The Labute approximate surface area is 172 Å². The van der Waals surface area contributed by atoms with Gasteiger partial charge in [-0.05, 0) is 51.1 Å². The van der Waals surface area contributed by atoms with Crippen LogP contribution in [0.4, 0.5) is 11.4 Å². The summed E-state index contributed by atoms with van der Waals surface area (Å²) in [7, 11) is 4.81. The van der Waals surface area contributed by atoms with Crippen molar-refractivity contribution in [3.63, 3.8) is 0 Å². The van der Waals surface area contributed by atoms with Gasteiger partial charge in [-0.25, -0.2) is 0 Å². The lowest BCUT2D eigenvalue weighted by Gasteiger charge is -2.18. The highest BCUT2D eigenvalue weighted by Gasteiger charge is 2.15. The highest BCUT2D eigenvalue weighted by atomic mass is 16.5. The van der Waals surface area contributed by atoms with E-state index in [2.05, 4.69) is 10.6 Å². The van der Waals surface area contributed by atoms with E-state index in [4.69, 9.17) is 9.47 Å². The van der Waals surface area contributed by atoms with Gasteiger partial charge in [-0.15, -0.1) is 0 Å². The van der Waals surface area contributed by atoms with E-state index < -0.39 is 0 Å². The summed E-state index contributed by atoms with van der Waals surface area (Å²) in [5, 5.41) is 5.74. The molecular formula is C22H29N3O4. The van der Waals surface area contributed by atoms with E-state index in [1.165, 1.54) is 7.11 Å². The Morgan fingerprint density at radius 2 is 1.48 bits per heavy atom. The first kappa shape index (κ1) is 22.2. The van der Waals surface area contributed by atoms with Gasteiger partial charge in [-0.1, -0.05) is 17.7 Å². The Kier molecular flexibility index (Phi) is 7.61. The van der Waals surface area contributed by atoms with Crippen molar-refractivity contribution in [3.8, 4) is 11.5 Å². The van der Waals surface area contributed by atoms with E-state index in [1.807, 2.05) is 32.9 Å². The van der Waals surface area contributed by atoms with Crippen LogP contribution in [0.15, 0.2) is 30.3 Å². The van der Waals surface area contributed by atoms with Crippen molar-refractivity contribution in [2.45, 2.75) is 20.8 Å². The fraction of sp³-hybridized carbons (Fsp3) is 0.364. The molecule has 7 heteroatoms. The van der Waals surface area contributed by atoms with Crippen LogP contribution in [0, 0.1) is 20.8 Å². The molecule has 0 bridgehead atoms. The number of ether oxygens (including phenoxy) is 2. The summed E-state index contributed by atoms with van der Waals surface area (Å²) in [4.78, 5) is 26.4. The van der Waals surface area contributed by atoms with E-state index in [1.54, 1.807) is 37.3 Å². The number of likely N-dealkylation sites (N-methyl/N-ethyl adjacent to an activating group) is 1. The number of hydrogen-bond donors (Lipinski definition) is 2. The standard InChI is InChI=1S/C22H29N3O4/c1-14-9-15(2)22(16(3)10-14)24-21(27)13-25(4)12-20(26)23-18-8-7-17(28-5)11-19(18)29-6/h7-11H,12-13H2,1-6H3,(H,23,26)(H,24,27). The first-order chi connectivity index (χ1) is 13.7. The second-order valence-corrected chi connectivity index (χ2v) is 7.11. The van der Waals surface area contributed by atoms with Crippen LogP contribution in [0.5, 0.6) is 11.5 Å². The maximum atomic E-state index is 12.4. The Balaban J connectivity index is 1.93. The molecule has 0 aliphatic heterocycles. The van der Waals surface area contributed by atoms with Crippen LogP contribution in [-0.4, -0.2) is 51.1 Å². The number of nitrogens with one attached hydrogen (secondary N) is 2. The van der Waals surface area contributed by atoms with Crippen molar-refractivity contribution in [2.24, 2.45) is 0 Å². The summed E-state index contributed by atoms with van der Waals surface area (Å²) in [6, 6.07) is 9.20. The number of nitrogens with zero attached hydrogens (tertiary/aromatic N) is 1. The molecule has 0 heterocycles. The smallest absolute Gasteiger partial charge is 0.238 e. The number of hydrogen-bond acceptors (Lipinski definition) is 5. The lowest BCUT2D eigenvalue weighted by Crippen LogP contribution is -2.36. The topological polar surface area (TPSA) is 79.9 Å². The second-order valence-electron chi connectivity index (χ2n) is 7.11. The second kappa shape index (κ2) is 9.93. The number of methoxy groups -OCH3 is 2. The molecule has 29 heavy (non-hydrogen) atoms. The van der Waals surface area contributed by atoms with Gasteiger partial charge in [-0.3, -0.25) is 14.5 Å². The zero-order valence-corrected chi connectivity index (χ0v) is 17.9. The fourth-order valence-corrected chi connectivity index (χ4v) is 3.19. The van der Waals surface area contributed by atoms with Crippen molar-refractivity contribution >= 4 is 23.2 Å². The first-order valence-electron chi connectivity index (χ1n) is 9.31. The van der Waals surface area contributed by atoms with E-state index in [-0.39, 0.29) is 24.9 Å². The molecule has 0 spiro atoms. The van der Waals surface area contributed by atoms with E-state index >= 15 is 0 Å². The SMILES string of the molecule is COc1ccc(NC(=O)CN(C)CC(=O)Nc2c(C)cc(C)cc2C)c(OC)c1. The minimum absolute atomic E-state index is 0.0640. The highest BCUT2D eigenvalue weighted by molar-refractivity contribution is 5.96. The summed E-state index contributed by atoms with van der Waals surface area (Å²) >= 11 is 0. The predicted octanol–water partition coefficient (Wildman–Crippen LogP) is 3.14. The van der Waals surface area contributed by atoms with Gasteiger partial charge in [0.1, 0.15) is 11.5 Å². The third-order valence-electron chi connectivity index (χ3n) is 4.45. The molecular weight excluding hydrogens is 370 g/mol. The number of benzene rings is 2. The van der Waals surface area contributed by atoms with Crippen LogP contribution < -0.4 is 20.1 Å². The molecule has 0 saturated carbocycles. The number of carbonyl (C=O) groups excluding carboxylic acids is 2. The number of anilines is 2. The van der Waals surface area contributed by atoms with Crippen molar-refractivity contribution < 1.29 is 19.1 Å². The van der Waals surface area contributed by atoms with Gasteiger partial charge >= 0.3 is 0 Å². The van der Waals surface area contributed by atoms with Crippen molar-refractivity contribution in [1.82, 2.24) is 4.90 Å². The highest BCUT2D eigenvalue weighted by Crippen LogP contribution is 2.29. The zero-order valence-electron chi connectivity index (χ0n) is 17.9. The average Bonchev–Trinajstić information content (AvgIpc) is 2.64. The number of aryl methyl sites for hydroxylation is 3. The van der Waals surface area contributed by atoms with Crippen LogP contribution in [0.1, 0.15) is 16.7 Å². The summed E-state index contributed by atoms with van der Waals surface area (Å²) in [6.07, 6.45) is 0. The van der Waals surface area contributed by atoms with E-state index in [9.17, 15) is 9.59 Å². The van der Waals surface area contributed by atoms with E-state index in [0.29, 0.717) is 17.2 Å². The average molecular weight is 399 g/mol. The monoisotopic (exact) mass is 399 g/mol. The van der Waals surface area contributed by atoms with Crippen LogP contribution in [0.3, 0.4) is 0 Å². The minimum Gasteiger partial charge on any atom is -0.497 e. The third kappa shape index (κ3) is 6.22. The molecule has 0 fully saturated rings. The quantitative estimate of drug-likeness (QED) is 0.713. The molecule has 2 aromatic rings. The normalized spacial score (nSPS) is 10.6. The van der Waals surface area contributed by atoms with Crippen LogP contribution in [-0.2, 0) is 9.59 Å². The lowest BCUT2D eigenvalue weighted by molar-refractivity contribution is -0.119. The number of carbonyl (C=O) groups is 2. The Bertz CT molecular complexity index is 873. The van der Waals surface area contributed by atoms with E-state index in [0.717, 1.165) is 22.4 Å². The molecule has 2 N–H and O–H groups in total. The van der Waals surface area contributed by atoms with Crippen LogP contribution >= 0.6 is 0 Å². The number of amides is 2. The predicted molar refractivity (Wildman–Crippen MR) is 115 cm³/mol. The van der Waals surface area contributed by atoms with Gasteiger partial charge in [0, 0.05) is 11.8 Å². The maximum Gasteiger partial charge on any atom is 0.238 e. The van der Waals surface area contributed by atoms with Gasteiger partial charge in [0.2, 0.25) is 11.8 Å².